The van der Waals surface area contributed by atoms with E-state index in [4.69, 9.17) is 9.72 Å². The molecule has 2 aliphatic rings. The summed E-state index contributed by atoms with van der Waals surface area (Å²) in [6.07, 6.45) is 6.10. The number of ether oxygens (including phenoxy) is 1. The Balaban J connectivity index is 1.27. The molecule has 0 saturated carbocycles. The Kier molecular flexibility index (Phi) is 8.14. The van der Waals surface area contributed by atoms with Crippen molar-refractivity contribution in [2.24, 2.45) is 5.92 Å². The van der Waals surface area contributed by atoms with Crippen molar-refractivity contribution < 1.29 is 18.7 Å². The molecule has 34 heavy (non-hydrogen) atoms. The van der Waals surface area contributed by atoms with Crippen LogP contribution in [-0.2, 0) is 27.2 Å². The predicted molar refractivity (Wildman–Crippen MR) is 129 cm³/mol. The number of pyridine rings is 1. The third-order valence-electron chi connectivity index (χ3n) is 7.09. The number of hydrogen-bond acceptors (Lipinski definition) is 5. The molecule has 1 aromatic heterocycles. The summed E-state index contributed by atoms with van der Waals surface area (Å²) in [5.74, 6) is 0.860. The molecule has 2 aliphatic heterocycles. The van der Waals surface area contributed by atoms with E-state index >= 15 is 0 Å². The Morgan fingerprint density at radius 3 is 2.82 bits per heavy atom. The molecular weight excluding hydrogens is 433 g/mol. The minimum atomic E-state index is -0.294. The maximum Gasteiger partial charge on any atom is 0.306 e. The predicted octanol–water partition coefficient (Wildman–Crippen LogP) is 4.49. The van der Waals surface area contributed by atoms with Crippen LogP contribution < -0.4 is 5.32 Å². The summed E-state index contributed by atoms with van der Waals surface area (Å²) in [4.78, 5) is 31.4. The van der Waals surface area contributed by atoms with Gasteiger partial charge in [0.15, 0.2) is 0 Å². The molecule has 0 bridgehead atoms. The van der Waals surface area contributed by atoms with Crippen LogP contribution in [0.1, 0.15) is 61.3 Å². The molecule has 1 N–H and O–H groups in total. The van der Waals surface area contributed by atoms with Gasteiger partial charge in [-0.2, -0.15) is 0 Å². The van der Waals surface area contributed by atoms with Crippen LogP contribution in [0, 0.1) is 11.7 Å². The molecule has 1 unspecified atom stereocenters. The van der Waals surface area contributed by atoms with Crippen LogP contribution in [0.5, 0.6) is 0 Å². The first-order chi connectivity index (χ1) is 16.5. The number of benzene rings is 1. The molecule has 2 aromatic rings. The second-order valence-corrected chi connectivity index (χ2v) is 9.43. The van der Waals surface area contributed by atoms with Crippen molar-refractivity contribution in [2.75, 3.05) is 32.1 Å². The zero-order valence-electron chi connectivity index (χ0n) is 19.9. The average molecular weight is 468 g/mol. The summed E-state index contributed by atoms with van der Waals surface area (Å²) < 4.78 is 18.6. The second-order valence-electron chi connectivity index (χ2n) is 9.43. The molecule has 0 aliphatic carbocycles. The molecule has 182 valence electrons. The van der Waals surface area contributed by atoms with E-state index in [1.807, 2.05) is 17.0 Å². The van der Waals surface area contributed by atoms with Crippen LogP contribution in [0.3, 0.4) is 0 Å². The van der Waals surface area contributed by atoms with Gasteiger partial charge in [0.25, 0.3) is 0 Å². The lowest BCUT2D eigenvalue weighted by atomic mass is 9.82. The SMILES string of the molecule is COC(=O)CC(CC1CCN(C(=O)CCc2ccc3c(n2)NCCC3)CC1)c1cccc(F)c1. The lowest BCUT2D eigenvalue weighted by molar-refractivity contribution is -0.141. The van der Waals surface area contributed by atoms with E-state index in [0.29, 0.717) is 18.8 Å². The molecule has 4 rings (SSSR count). The monoisotopic (exact) mass is 467 g/mol. The highest BCUT2D eigenvalue weighted by molar-refractivity contribution is 5.76. The number of anilines is 1. The van der Waals surface area contributed by atoms with Gasteiger partial charge in [-0.1, -0.05) is 18.2 Å². The minimum Gasteiger partial charge on any atom is -0.469 e. The van der Waals surface area contributed by atoms with Crippen molar-refractivity contribution in [1.82, 2.24) is 9.88 Å². The Morgan fingerprint density at radius 2 is 2.06 bits per heavy atom. The number of likely N-dealkylation sites (tertiary alicyclic amines) is 1. The quantitative estimate of drug-likeness (QED) is 0.580. The van der Waals surface area contributed by atoms with Crippen molar-refractivity contribution in [3.05, 3.63) is 59.0 Å². The lowest BCUT2D eigenvalue weighted by Gasteiger charge is -2.34. The van der Waals surface area contributed by atoms with Crippen LogP contribution >= 0.6 is 0 Å². The molecule has 1 atom stereocenters. The fraction of sp³-hybridized carbons (Fsp3) is 0.519. The number of fused-ring (bicyclic) bond motifs is 1. The van der Waals surface area contributed by atoms with E-state index in [2.05, 4.69) is 11.4 Å². The molecule has 1 amide bonds. The van der Waals surface area contributed by atoms with Gasteiger partial charge in [0.05, 0.1) is 13.5 Å². The van der Waals surface area contributed by atoms with E-state index in [-0.39, 0.29) is 30.0 Å². The van der Waals surface area contributed by atoms with E-state index < -0.39 is 0 Å². The Hall–Kier alpha value is -2.96. The number of hydrogen-bond donors (Lipinski definition) is 1. The van der Waals surface area contributed by atoms with Crippen LogP contribution in [0.15, 0.2) is 36.4 Å². The van der Waals surface area contributed by atoms with Gasteiger partial charge in [0, 0.05) is 31.7 Å². The number of carbonyl (C=O) groups is 2. The average Bonchev–Trinajstić information content (AvgIpc) is 2.87. The summed E-state index contributed by atoms with van der Waals surface area (Å²) in [5.41, 5.74) is 3.04. The van der Waals surface area contributed by atoms with E-state index in [1.165, 1.54) is 24.8 Å². The highest BCUT2D eigenvalue weighted by atomic mass is 19.1. The van der Waals surface area contributed by atoms with Gasteiger partial charge in [0.1, 0.15) is 11.6 Å². The van der Waals surface area contributed by atoms with Gasteiger partial charge >= 0.3 is 5.97 Å². The summed E-state index contributed by atoms with van der Waals surface area (Å²) in [6.45, 7) is 2.39. The molecule has 3 heterocycles. The summed E-state index contributed by atoms with van der Waals surface area (Å²) in [7, 11) is 1.38. The van der Waals surface area contributed by atoms with Crippen LogP contribution in [-0.4, -0.2) is 48.5 Å². The van der Waals surface area contributed by atoms with Crippen LogP contribution in [0.4, 0.5) is 10.2 Å². The molecule has 6 nitrogen and oxygen atoms in total. The lowest BCUT2D eigenvalue weighted by Crippen LogP contribution is -2.39. The first-order valence-corrected chi connectivity index (χ1v) is 12.3. The molecule has 0 radical (unpaired) electrons. The molecule has 1 fully saturated rings. The first kappa shape index (κ1) is 24.2. The van der Waals surface area contributed by atoms with Gasteiger partial charge in [-0.3, -0.25) is 9.59 Å². The van der Waals surface area contributed by atoms with Gasteiger partial charge in [-0.05, 0) is 79.7 Å². The number of piperidine rings is 1. The number of amides is 1. The molecule has 7 heteroatoms. The van der Waals surface area contributed by atoms with Crippen molar-refractivity contribution in [3.8, 4) is 0 Å². The first-order valence-electron chi connectivity index (χ1n) is 12.3. The Labute approximate surface area is 200 Å². The number of aromatic nitrogens is 1. The van der Waals surface area contributed by atoms with E-state index in [1.54, 1.807) is 6.07 Å². The second kappa shape index (κ2) is 11.4. The fourth-order valence-electron chi connectivity index (χ4n) is 5.10. The number of nitrogens with zero attached hydrogens (tertiary/aromatic N) is 2. The van der Waals surface area contributed by atoms with Gasteiger partial charge in [-0.25, -0.2) is 9.37 Å². The highest BCUT2D eigenvalue weighted by Crippen LogP contribution is 2.33. The number of halogens is 1. The standard InChI is InChI=1S/C27H34FN3O3/c1-34-26(33)18-22(21-4-2-6-23(28)17-21)16-19-11-14-31(15-12-19)25(32)10-9-24-8-7-20-5-3-13-29-27(20)30-24/h2,4,6-8,17,19,22H,3,5,9-16,18H2,1H3,(H,29,30). The molecule has 1 saturated heterocycles. The summed E-state index contributed by atoms with van der Waals surface area (Å²) in [5, 5.41) is 3.35. The maximum absolute atomic E-state index is 13.8. The number of rotatable bonds is 8. The third kappa shape index (κ3) is 6.33. The summed E-state index contributed by atoms with van der Waals surface area (Å²) >= 11 is 0. The zero-order valence-corrected chi connectivity index (χ0v) is 19.9. The molecule has 1 aromatic carbocycles. The summed E-state index contributed by atoms with van der Waals surface area (Å²) in [6, 6.07) is 10.7. The van der Waals surface area contributed by atoms with E-state index in [0.717, 1.165) is 68.8 Å². The van der Waals surface area contributed by atoms with E-state index in [9.17, 15) is 14.0 Å². The van der Waals surface area contributed by atoms with Gasteiger partial charge < -0.3 is 15.0 Å². The largest absolute Gasteiger partial charge is 0.469 e. The smallest absolute Gasteiger partial charge is 0.306 e. The number of carbonyl (C=O) groups excluding carboxylic acids is 2. The molecular formula is C27H34FN3O3. The van der Waals surface area contributed by atoms with Crippen molar-refractivity contribution in [3.63, 3.8) is 0 Å². The number of methoxy groups -OCH3 is 1. The highest BCUT2D eigenvalue weighted by Gasteiger charge is 2.27. The number of esters is 1. The fourth-order valence-corrected chi connectivity index (χ4v) is 5.10. The van der Waals surface area contributed by atoms with Gasteiger partial charge in [-0.15, -0.1) is 0 Å². The minimum absolute atomic E-state index is 0.0842. The molecule has 0 spiro atoms. The number of aryl methyl sites for hydroxylation is 2. The van der Waals surface area contributed by atoms with Crippen molar-refractivity contribution in [2.45, 2.75) is 57.3 Å². The maximum atomic E-state index is 13.8. The number of nitrogens with one attached hydrogen (secondary N) is 1. The normalized spacial score (nSPS) is 16.9. The van der Waals surface area contributed by atoms with Crippen LogP contribution in [0.25, 0.3) is 0 Å². The van der Waals surface area contributed by atoms with Crippen molar-refractivity contribution >= 4 is 17.7 Å². The van der Waals surface area contributed by atoms with Crippen molar-refractivity contribution in [1.29, 1.82) is 0 Å². The Morgan fingerprint density at radius 1 is 1.24 bits per heavy atom. The zero-order chi connectivity index (χ0) is 23.9. The Bertz CT molecular complexity index is 1000. The van der Waals surface area contributed by atoms with Gasteiger partial charge in [0.2, 0.25) is 5.91 Å². The third-order valence-corrected chi connectivity index (χ3v) is 7.09. The topological polar surface area (TPSA) is 71.5 Å². The van der Waals surface area contributed by atoms with Crippen LogP contribution in [0.2, 0.25) is 0 Å².